The van der Waals surface area contributed by atoms with E-state index in [1.807, 2.05) is 212 Å². The van der Waals surface area contributed by atoms with Crippen LogP contribution in [0.5, 0.6) is 0 Å². The van der Waals surface area contributed by atoms with Crippen molar-refractivity contribution in [1.29, 1.82) is 0 Å². The Morgan fingerprint density at radius 2 is 0.255 bits per heavy atom. The summed E-state index contributed by atoms with van der Waals surface area (Å²) in [5, 5.41) is 0. The molecule has 55 heavy (non-hydrogen) atoms. The first-order valence-electron chi connectivity index (χ1n) is 15.8. The predicted octanol–water partition coefficient (Wildman–Crippen LogP) is 1.09. The third-order valence-electron chi connectivity index (χ3n) is 5.90. The first-order valence-corrected chi connectivity index (χ1v) is 15.8. The second-order valence-electron chi connectivity index (χ2n) is 10.4. The topological polar surface area (TPSA) is 0 Å². The van der Waals surface area contributed by atoms with Crippen LogP contribution in [-0.4, -0.2) is 0 Å². The fourth-order valence-corrected chi connectivity index (χ4v) is 3.35. The van der Waals surface area contributed by atoms with Gasteiger partial charge in [-0.15, -0.1) is 84.9 Å². The van der Waals surface area contributed by atoms with E-state index in [0.29, 0.717) is 0 Å². The minimum Gasteiger partial charge on any atom is -1.00 e. The molecule has 0 aromatic heterocycles. The van der Waals surface area contributed by atoms with Gasteiger partial charge in [0.2, 0.25) is 0 Å². The minimum absolute atomic E-state index is 0. The number of hydrogen-bond acceptors (Lipinski definition) is 0. The first-order chi connectivity index (χ1) is 23.8. The molecule has 7 aromatic carbocycles. The van der Waals surface area contributed by atoms with Crippen LogP contribution in [0, 0.1) is 48.5 Å². The number of halogens is 4. The molecule has 7 aromatic rings. The van der Waals surface area contributed by atoms with Gasteiger partial charge in [-0.1, -0.05) is 42.5 Å². The third-order valence-corrected chi connectivity index (χ3v) is 5.90. The second kappa shape index (κ2) is 44.8. The van der Waals surface area contributed by atoms with Gasteiger partial charge in [0, 0.05) is 26.2 Å². The molecule has 0 aliphatic rings. The van der Waals surface area contributed by atoms with Crippen LogP contribution in [0.4, 0.5) is 0 Å². The Bertz CT molecular complexity index is 1310. The van der Waals surface area contributed by atoms with Crippen LogP contribution in [0.25, 0.3) is 0 Å². The summed E-state index contributed by atoms with van der Waals surface area (Å²) in [6.45, 7) is 26.0. The van der Waals surface area contributed by atoms with Crippen LogP contribution in [0.3, 0.4) is 0 Å². The van der Waals surface area contributed by atoms with Gasteiger partial charge in [0.25, 0.3) is 0 Å². The Balaban J connectivity index is -0.000000125. The maximum atomic E-state index is 3.72. The zero-order valence-electron chi connectivity index (χ0n) is 31.2. The van der Waals surface area contributed by atoms with Crippen molar-refractivity contribution in [2.75, 3.05) is 0 Å². The Labute approximate surface area is 393 Å². The Hall–Kier alpha value is -3.61. The molecule has 0 bridgehead atoms. The van der Waals surface area contributed by atoms with Crippen LogP contribution in [0.1, 0.15) is 38.9 Å². The van der Waals surface area contributed by atoms with Gasteiger partial charge in [0.1, 0.15) is 0 Å². The molecule has 0 atom stereocenters. The van der Waals surface area contributed by atoms with Crippen molar-refractivity contribution >= 4 is 0 Å². The molecular formula is C49H49Cl4TiZr-7. The molecule has 0 spiro atoms. The Morgan fingerprint density at radius 3 is 0.291 bits per heavy atom. The molecule has 6 heteroatoms. The predicted molar refractivity (Wildman–Crippen MR) is 216 cm³/mol. The Kier molecular flexibility index (Phi) is 51.6. The van der Waals surface area contributed by atoms with Gasteiger partial charge in [-0.05, 0) is 0 Å². The largest absolute Gasteiger partial charge is 4.00 e. The molecule has 0 saturated carbocycles. The molecule has 0 amide bonds. The van der Waals surface area contributed by atoms with Crippen LogP contribution < -0.4 is 49.6 Å². The smallest absolute Gasteiger partial charge is 1.00 e. The van der Waals surface area contributed by atoms with E-state index >= 15 is 0 Å². The fraction of sp³-hybridized carbons (Fsp3) is 0. The quantitative estimate of drug-likeness (QED) is 0.158. The van der Waals surface area contributed by atoms with Crippen molar-refractivity contribution in [2.24, 2.45) is 0 Å². The maximum absolute atomic E-state index is 3.72. The molecule has 288 valence electrons. The zero-order valence-corrected chi connectivity index (χ0v) is 38.2. The van der Waals surface area contributed by atoms with E-state index in [4.69, 9.17) is 0 Å². The van der Waals surface area contributed by atoms with Crippen molar-refractivity contribution in [2.45, 2.75) is 0 Å². The summed E-state index contributed by atoms with van der Waals surface area (Å²) in [6, 6.07) is 69.1. The van der Waals surface area contributed by atoms with Gasteiger partial charge in [-0.3, -0.25) is 0 Å². The van der Waals surface area contributed by atoms with Gasteiger partial charge in [-0.25, -0.2) is 0 Å². The summed E-state index contributed by atoms with van der Waals surface area (Å²) >= 11 is 0. The van der Waals surface area contributed by atoms with Crippen LogP contribution in [0.15, 0.2) is 212 Å². The summed E-state index contributed by atoms with van der Waals surface area (Å²) < 4.78 is 0. The van der Waals surface area contributed by atoms with Crippen LogP contribution in [-0.2, 0) is 47.9 Å². The molecule has 0 heterocycles. The van der Waals surface area contributed by atoms with E-state index in [1.165, 1.54) is 0 Å². The van der Waals surface area contributed by atoms with Crippen LogP contribution in [0.2, 0.25) is 0 Å². The van der Waals surface area contributed by atoms with E-state index in [9.17, 15) is 0 Å². The molecule has 0 N–H and O–H groups in total. The van der Waals surface area contributed by atoms with E-state index < -0.39 is 0 Å². The molecule has 0 aliphatic carbocycles. The number of hydrogen-bond donors (Lipinski definition) is 0. The van der Waals surface area contributed by atoms with Gasteiger partial charge in [-0.2, -0.15) is 172 Å². The molecule has 0 aliphatic heterocycles. The molecule has 0 radical (unpaired) electrons. The molecule has 0 nitrogen and oxygen atoms in total. The summed E-state index contributed by atoms with van der Waals surface area (Å²) in [7, 11) is 0. The minimum atomic E-state index is 0. The van der Waals surface area contributed by atoms with E-state index in [0.717, 1.165) is 38.9 Å². The summed E-state index contributed by atoms with van der Waals surface area (Å²) in [4.78, 5) is 0. The number of benzene rings is 7. The van der Waals surface area contributed by atoms with Gasteiger partial charge >= 0.3 is 21.7 Å². The van der Waals surface area contributed by atoms with Crippen molar-refractivity contribution in [3.05, 3.63) is 300 Å². The maximum Gasteiger partial charge on any atom is 4.00 e. The first kappa shape index (κ1) is 63.3. The second-order valence-corrected chi connectivity index (χ2v) is 10.4. The van der Waals surface area contributed by atoms with Crippen molar-refractivity contribution in [3.8, 4) is 0 Å². The van der Waals surface area contributed by atoms with E-state index in [2.05, 4.69) is 48.5 Å². The standard InChI is InChI=1S/7C7H7.4ClH.Ti.Zr/c7*1-7-5-3-2-4-6-7;;;;;;/h7*2-6H,1H2;4*1H;;/q7*-1;;;;;+4;/p-4. The van der Waals surface area contributed by atoms with E-state index in [1.54, 1.807) is 0 Å². The van der Waals surface area contributed by atoms with E-state index in [-0.39, 0.29) is 97.5 Å². The average molecular weight is 919 g/mol. The summed E-state index contributed by atoms with van der Waals surface area (Å²) in [5.41, 5.74) is 7.50. The molecule has 0 unspecified atom stereocenters. The normalized spacial score (nSPS) is 7.64. The monoisotopic (exact) mass is 915 g/mol. The molecule has 7 rings (SSSR count). The average Bonchev–Trinajstić information content (AvgIpc) is 3.12. The van der Waals surface area contributed by atoms with Gasteiger partial charge < -0.3 is 49.6 Å². The zero-order chi connectivity index (χ0) is 35.8. The van der Waals surface area contributed by atoms with Crippen molar-refractivity contribution < 1.29 is 97.5 Å². The summed E-state index contributed by atoms with van der Waals surface area (Å²) in [5.74, 6) is 0. The van der Waals surface area contributed by atoms with Crippen molar-refractivity contribution in [3.63, 3.8) is 0 Å². The van der Waals surface area contributed by atoms with Crippen LogP contribution >= 0.6 is 0 Å². The number of rotatable bonds is 0. The van der Waals surface area contributed by atoms with Gasteiger partial charge in [0.05, 0.1) is 0 Å². The Morgan fingerprint density at radius 1 is 0.182 bits per heavy atom. The molecule has 0 fully saturated rings. The van der Waals surface area contributed by atoms with Gasteiger partial charge in [0.15, 0.2) is 0 Å². The molecular weight excluding hydrogens is 869 g/mol. The summed E-state index contributed by atoms with van der Waals surface area (Å²) in [6.07, 6.45) is 0. The third kappa shape index (κ3) is 43.0. The fourth-order valence-electron chi connectivity index (χ4n) is 3.35. The van der Waals surface area contributed by atoms with Crippen molar-refractivity contribution in [1.82, 2.24) is 0 Å². The SMILES string of the molecule is [CH2-]c1ccccc1.[CH2-]c1ccccc1.[CH2-]c1ccccc1.[CH2-]c1ccccc1.[CH2-]c1ccccc1.[CH2-]c1ccccc1.[CH2-]c1ccccc1.[Cl-].[Cl-].[Cl-].[Cl-].[Ti+4].[Zr]. The molecule has 0 saturated heterocycles.